The summed E-state index contributed by atoms with van der Waals surface area (Å²) in [6.45, 7) is 2.12. The average Bonchev–Trinajstić information content (AvgIpc) is 3.02. The third kappa shape index (κ3) is 2.66. The topological polar surface area (TPSA) is 39.4 Å². The van der Waals surface area contributed by atoms with Gasteiger partial charge in [0.05, 0.1) is 12.9 Å². The average molecular weight is 292 g/mol. The van der Waals surface area contributed by atoms with Gasteiger partial charge in [0.1, 0.15) is 11.3 Å². The van der Waals surface area contributed by atoms with E-state index >= 15 is 0 Å². The van der Waals surface area contributed by atoms with Crippen molar-refractivity contribution in [2.75, 3.05) is 6.61 Å². The summed E-state index contributed by atoms with van der Waals surface area (Å²) < 4.78 is 10.9. The van der Waals surface area contributed by atoms with Crippen molar-refractivity contribution < 1.29 is 13.9 Å². The first-order chi connectivity index (χ1) is 10.8. The van der Waals surface area contributed by atoms with E-state index in [1.54, 1.807) is 13.2 Å². The van der Waals surface area contributed by atoms with E-state index in [1.165, 1.54) is 0 Å². The predicted octanol–water partition coefficient (Wildman–Crippen LogP) is 4.79. The molecule has 0 spiro atoms. The molecular formula is C19H16O3. The largest absolute Gasteiger partial charge is 0.463 e. The first kappa shape index (κ1) is 14.1. The van der Waals surface area contributed by atoms with Gasteiger partial charge in [0, 0.05) is 11.1 Å². The molecule has 3 nitrogen and oxygen atoms in total. The molecule has 0 bridgehead atoms. The Labute approximate surface area is 129 Å². The second-order valence-corrected chi connectivity index (χ2v) is 4.81. The highest BCUT2D eigenvalue weighted by atomic mass is 16.5. The molecule has 0 aliphatic carbocycles. The van der Waals surface area contributed by atoms with Crippen molar-refractivity contribution >= 4 is 5.97 Å². The van der Waals surface area contributed by atoms with E-state index in [-0.39, 0.29) is 5.97 Å². The third-order valence-corrected chi connectivity index (χ3v) is 3.39. The summed E-state index contributed by atoms with van der Waals surface area (Å²) in [5.74, 6) is 0.173. The van der Waals surface area contributed by atoms with Crippen molar-refractivity contribution in [3.63, 3.8) is 0 Å². The number of ether oxygens (including phenoxy) is 1. The van der Waals surface area contributed by atoms with Gasteiger partial charge in [-0.2, -0.15) is 0 Å². The van der Waals surface area contributed by atoms with Crippen LogP contribution in [0.25, 0.3) is 22.5 Å². The molecule has 0 unspecified atom stereocenters. The number of carbonyl (C=O) groups excluding carboxylic acids is 1. The molecule has 2 aromatic carbocycles. The lowest BCUT2D eigenvalue weighted by Gasteiger charge is -2.06. The highest BCUT2D eigenvalue weighted by molar-refractivity contribution is 6.02. The smallest absolute Gasteiger partial charge is 0.342 e. The van der Waals surface area contributed by atoms with Gasteiger partial charge in [-0.1, -0.05) is 60.7 Å². The second kappa shape index (κ2) is 6.31. The molecule has 110 valence electrons. The van der Waals surface area contributed by atoms with Gasteiger partial charge in [0.25, 0.3) is 0 Å². The summed E-state index contributed by atoms with van der Waals surface area (Å²) in [4.78, 5) is 12.4. The molecule has 0 amide bonds. The van der Waals surface area contributed by atoms with Crippen LogP contribution in [-0.4, -0.2) is 12.6 Å². The zero-order valence-electron chi connectivity index (χ0n) is 12.3. The van der Waals surface area contributed by atoms with Crippen molar-refractivity contribution in [3.8, 4) is 22.5 Å². The predicted molar refractivity (Wildman–Crippen MR) is 85.5 cm³/mol. The van der Waals surface area contributed by atoms with Crippen LogP contribution in [0.1, 0.15) is 17.3 Å². The van der Waals surface area contributed by atoms with E-state index in [2.05, 4.69) is 0 Å². The van der Waals surface area contributed by atoms with Crippen LogP contribution >= 0.6 is 0 Å². The van der Waals surface area contributed by atoms with E-state index in [0.717, 1.165) is 16.7 Å². The lowest BCUT2D eigenvalue weighted by atomic mass is 10.0. The van der Waals surface area contributed by atoms with Crippen molar-refractivity contribution in [1.29, 1.82) is 0 Å². The molecule has 0 radical (unpaired) electrons. The Morgan fingerprint density at radius 2 is 1.55 bits per heavy atom. The van der Waals surface area contributed by atoms with Crippen LogP contribution in [0, 0.1) is 0 Å². The molecule has 0 saturated heterocycles. The van der Waals surface area contributed by atoms with Crippen molar-refractivity contribution in [3.05, 3.63) is 72.5 Å². The first-order valence-electron chi connectivity index (χ1n) is 7.20. The third-order valence-electron chi connectivity index (χ3n) is 3.39. The van der Waals surface area contributed by atoms with E-state index < -0.39 is 0 Å². The zero-order chi connectivity index (χ0) is 15.4. The van der Waals surface area contributed by atoms with Gasteiger partial charge in [-0.3, -0.25) is 0 Å². The maximum atomic E-state index is 12.4. The molecule has 0 aliphatic heterocycles. The number of hydrogen-bond donors (Lipinski definition) is 0. The summed E-state index contributed by atoms with van der Waals surface area (Å²) in [5.41, 5.74) is 3.00. The fourth-order valence-corrected chi connectivity index (χ4v) is 2.40. The molecule has 0 saturated carbocycles. The lowest BCUT2D eigenvalue weighted by Crippen LogP contribution is -2.06. The molecule has 3 heteroatoms. The minimum atomic E-state index is -0.367. The van der Waals surface area contributed by atoms with E-state index in [0.29, 0.717) is 17.9 Å². The lowest BCUT2D eigenvalue weighted by molar-refractivity contribution is 0.0527. The van der Waals surface area contributed by atoms with Crippen LogP contribution in [-0.2, 0) is 4.74 Å². The highest BCUT2D eigenvalue weighted by Crippen LogP contribution is 2.34. The van der Waals surface area contributed by atoms with E-state index in [4.69, 9.17) is 9.15 Å². The van der Waals surface area contributed by atoms with Crippen molar-refractivity contribution in [2.45, 2.75) is 6.92 Å². The fraction of sp³-hybridized carbons (Fsp3) is 0.105. The first-order valence-corrected chi connectivity index (χ1v) is 7.20. The summed E-state index contributed by atoms with van der Waals surface area (Å²) in [7, 11) is 0. The van der Waals surface area contributed by atoms with Gasteiger partial charge in [-0.05, 0) is 12.5 Å². The molecule has 3 aromatic rings. The SMILES string of the molecule is CCOC(=O)c1c(-c2ccccc2)coc1-c1ccccc1. The minimum absolute atomic E-state index is 0.326. The quantitative estimate of drug-likeness (QED) is 0.649. The maximum Gasteiger partial charge on any atom is 0.342 e. The van der Waals surface area contributed by atoms with Crippen LogP contribution in [0.3, 0.4) is 0 Å². The van der Waals surface area contributed by atoms with E-state index in [1.807, 2.05) is 60.7 Å². The summed E-state index contributed by atoms with van der Waals surface area (Å²) in [6, 6.07) is 19.3. The van der Waals surface area contributed by atoms with Crippen LogP contribution in [0.4, 0.5) is 0 Å². The van der Waals surface area contributed by atoms with Crippen molar-refractivity contribution in [2.24, 2.45) is 0 Å². The van der Waals surface area contributed by atoms with Crippen LogP contribution < -0.4 is 0 Å². The van der Waals surface area contributed by atoms with Gasteiger partial charge in [0.15, 0.2) is 0 Å². The number of rotatable bonds is 4. The molecule has 0 atom stereocenters. The Morgan fingerprint density at radius 3 is 2.14 bits per heavy atom. The normalized spacial score (nSPS) is 10.4. The zero-order valence-corrected chi connectivity index (χ0v) is 12.3. The second-order valence-electron chi connectivity index (χ2n) is 4.81. The van der Waals surface area contributed by atoms with Crippen LogP contribution in [0.15, 0.2) is 71.3 Å². The molecule has 0 N–H and O–H groups in total. The van der Waals surface area contributed by atoms with Crippen LogP contribution in [0.5, 0.6) is 0 Å². The fourth-order valence-electron chi connectivity index (χ4n) is 2.40. The molecular weight excluding hydrogens is 276 g/mol. The highest BCUT2D eigenvalue weighted by Gasteiger charge is 2.23. The molecule has 22 heavy (non-hydrogen) atoms. The maximum absolute atomic E-state index is 12.4. The van der Waals surface area contributed by atoms with Crippen molar-refractivity contribution in [1.82, 2.24) is 0 Å². The Balaban J connectivity index is 2.16. The number of benzene rings is 2. The number of hydrogen-bond acceptors (Lipinski definition) is 3. The minimum Gasteiger partial charge on any atom is -0.463 e. The van der Waals surface area contributed by atoms with Gasteiger partial charge < -0.3 is 9.15 Å². The number of carbonyl (C=O) groups is 1. The van der Waals surface area contributed by atoms with Gasteiger partial charge in [0.2, 0.25) is 0 Å². The molecule has 0 aliphatic rings. The van der Waals surface area contributed by atoms with Gasteiger partial charge >= 0.3 is 5.97 Å². The number of furan rings is 1. The molecule has 1 heterocycles. The standard InChI is InChI=1S/C19H16O3/c1-2-21-19(20)17-16(14-9-5-3-6-10-14)13-22-18(17)15-11-7-4-8-12-15/h3-13H,2H2,1H3. The molecule has 3 rings (SSSR count). The molecule has 1 aromatic heterocycles. The van der Waals surface area contributed by atoms with E-state index in [9.17, 15) is 4.79 Å². The number of esters is 1. The molecule has 0 fully saturated rings. The summed E-state index contributed by atoms with van der Waals surface area (Å²) in [6.07, 6.45) is 1.62. The van der Waals surface area contributed by atoms with Gasteiger partial charge in [-0.25, -0.2) is 4.79 Å². The van der Waals surface area contributed by atoms with Crippen LogP contribution in [0.2, 0.25) is 0 Å². The summed E-state index contributed by atoms with van der Waals surface area (Å²) in [5, 5.41) is 0. The monoisotopic (exact) mass is 292 g/mol. The Hall–Kier alpha value is -2.81. The summed E-state index contributed by atoms with van der Waals surface area (Å²) >= 11 is 0. The Morgan fingerprint density at radius 1 is 0.955 bits per heavy atom. The van der Waals surface area contributed by atoms with Gasteiger partial charge in [-0.15, -0.1) is 0 Å². The Kier molecular flexibility index (Phi) is 4.05. The Bertz CT molecular complexity index is 701.